The van der Waals surface area contributed by atoms with E-state index in [1.165, 1.54) is 12.3 Å². The average Bonchev–Trinajstić information content (AvgIpc) is 2.48. The van der Waals surface area contributed by atoms with Crippen LogP contribution in [0, 0.1) is 0 Å². The lowest BCUT2D eigenvalue weighted by Crippen LogP contribution is -2.47. The lowest BCUT2D eigenvalue weighted by molar-refractivity contribution is -0.132. The van der Waals surface area contributed by atoms with Crippen LogP contribution >= 0.6 is 12.2 Å². The molecular formula is C14H20N4O2S. The first kappa shape index (κ1) is 17.0. The van der Waals surface area contributed by atoms with Crippen LogP contribution in [0.3, 0.4) is 0 Å². The van der Waals surface area contributed by atoms with E-state index in [1.54, 1.807) is 17.9 Å². The van der Waals surface area contributed by atoms with Crippen molar-refractivity contribution in [2.45, 2.75) is 26.8 Å². The van der Waals surface area contributed by atoms with E-state index < -0.39 is 11.9 Å². The van der Waals surface area contributed by atoms with Crippen molar-refractivity contribution >= 4 is 29.0 Å². The molecule has 3 N–H and O–H groups in total. The fourth-order valence-electron chi connectivity index (χ4n) is 1.82. The lowest BCUT2D eigenvalue weighted by Gasteiger charge is -2.23. The van der Waals surface area contributed by atoms with Gasteiger partial charge in [-0.1, -0.05) is 12.2 Å². The zero-order valence-corrected chi connectivity index (χ0v) is 13.2. The second kappa shape index (κ2) is 7.68. The fourth-order valence-corrected chi connectivity index (χ4v) is 1.94. The number of nitrogens with one attached hydrogen (secondary N) is 1. The SMILES string of the molecule is CCN(CC)C(=O)C(C)NC(=O)c1ccc(C(N)=S)cn1. The molecule has 0 aromatic carbocycles. The highest BCUT2D eigenvalue weighted by atomic mass is 32.1. The Bertz CT molecular complexity index is 526. The molecule has 2 amide bonds. The van der Waals surface area contributed by atoms with Crippen LogP contribution in [-0.4, -0.2) is 45.8 Å². The highest BCUT2D eigenvalue weighted by Gasteiger charge is 2.21. The van der Waals surface area contributed by atoms with Crippen LogP contribution in [0.4, 0.5) is 0 Å². The molecule has 0 radical (unpaired) electrons. The topological polar surface area (TPSA) is 88.3 Å². The van der Waals surface area contributed by atoms with E-state index in [9.17, 15) is 9.59 Å². The van der Waals surface area contributed by atoms with Gasteiger partial charge in [0.2, 0.25) is 5.91 Å². The summed E-state index contributed by atoms with van der Waals surface area (Å²) in [6.45, 7) is 6.66. The second-order valence-corrected chi connectivity index (χ2v) is 4.94. The fraction of sp³-hybridized carbons (Fsp3) is 0.429. The first-order chi connectivity index (χ1) is 9.90. The molecule has 114 valence electrons. The Labute approximate surface area is 129 Å². The van der Waals surface area contributed by atoms with Gasteiger partial charge in [-0.05, 0) is 32.9 Å². The Balaban J connectivity index is 2.72. The molecule has 0 spiro atoms. The van der Waals surface area contributed by atoms with Crippen molar-refractivity contribution in [2.75, 3.05) is 13.1 Å². The molecule has 0 saturated carbocycles. The molecule has 1 aromatic rings. The molecule has 0 aliphatic rings. The van der Waals surface area contributed by atoms with Gasteiger partial charge in [0.25, 0.3) is 5.91 Å². The molecule has 1 heterocycles. The maximum atomic E-state index is 12.1. The van der Waals surface area contributed by atoms with Gasteiger partial charge < -0.3 is 16.0 Å². The molecule has 0 saturated heterocycles. The van der Waals surface area contributed by atoms with Gasteiger partial charge in [-0.3, -0.25) is 14.6 Å². The summed E-state index contributed by atoms with van der Waals surface area (Å²) in [5.74, 6) is -0.523. The minimum Gasteiger partial charge on any atom is -0.389 e. The molecule has 0 bridgehead atoms. The number of carbonyl (C=O) groups is 2. The van der Waals surface area contributed by atoms with Gasteiger partial charge in [-0.2, -0.15) is 0 Å². The van der Waals surface area contributed by atoms with Crippen LogP contribution in [0.15, 0.2) is 18.3 Å². The van der Waals surface area contributed by atoms with Crippen LogP contribution < -0.4 is 11.1 Å². The van der Waals surface area contributed by atoms with Crippen LogP contribution in [0.2, 0.25) is 0 Å². The zero-order valence-electron chi connectivity index (χ0n) is 12.4. The Hall–Kier alpha value is -2.02. The van der Waals surface area contributed by atoms with Crippen LogP contribution in [-0.2, 0) is 4.79 Å². The van der Waals surface area contributed by atoms with Crippen molar-refractivity contribution in [3.05, 3.63) is 29.6 Å². The number of pyridine rings is 1. The molecule has 1 unspecified atom stereocenters. The first-order valence-electron chi connectivity index (χ1n) is 6.76. The van der Waals surface area contributed by atoms with E-state index in [0.29, 0.717) is 18.7 Å². The molecule has 0 aliphatic heterocycles. The minimum absolute atomic E-state index is 0.117. The van der Waals surface area contributed by atoms with Gasteiger partial charge >= 0.3 is 0 Å². The van der Waals surface area contributed by atoms with Gasteiger partial charge in [-0.15, -0.1) is 0 Å². The molecule has 21 heavy (non-hydrogen) atoms. The van der Waals surface area contributed by atoms with E-state index in [4.69, 9.17) is 18.0 Å². The Morgan fingerprint density at radius 1 is 1.38 bits per heavy atom. The van der Waals surface area contributed by atoms with E-state index >= 15 is 0 Å². The predicted molar refractivity (Wildman–Crippen MR) is 85.0 cm³/mol. The summed E-state index contributed by atoms with van der Waals surface area (Å²) in [6.07, 6.45) is 1.44. The summed E-state index contributed by atoms with van der Waals surface area (Å²) in [7, 11) is 0. The molecule has 1 atom stereocenters. The summed E-state index contributed by atoms with van der Waals surface area (Å²) in [6, 6.07) is 2.55. The number of carbonyl (C=O) groups excluding carboxylic acids is 2. The highest BCUT2D eigenvalue weighted by Crippen LogP contribution is 2.02. The maximum Gasteiger partial charge on any atom is 0.270 e. The summed E-state index contributed by atoms with van der Waals surface area (Å²) in [5, 5.41) is 2.64. The second-order valence-electron chi connectivity index (χ2n) is 4.50. The Kier molecular flexibility index (Phi) is 6.23. The van der Waals surface area contributed by atoms with Crippen LogP contribution in [0.1, 0.15) is 36.8 Å². The van der Waals surface area contributed by atoms with Crippen LogP contribution in [0.5, 0.6) is 0 Å². The summed E-state index contributed by atoms with van der Waals surface area (Å²) in [5.41, 5.74) is 6.27. The highest BCUT2D eigenvalue weighted by molar-refractivity contribution is 7.80. The van der Waals surface area contributed by atoms with Gasteiger partial charge in [0.1, 0.15) is 16.7 Å². The van der Waals surface area contributed by atoms with Crippen molar-refractivity contribution in [2.24, 2.45) is 5.73 Å². The third-order valence-corrected chi connectivity index (χ3v) is 3.31. The number of likely N-dealkylation sites (N-methyl/N-ethyl adjacent to an activating group) is 1. The Morgan fingerprint density at radius 2 is 2.00 bits per heavy atom. The number of nitrogens with two attached hydrogens (primary N) is 1. The van der Waals surface area contributed by atoms with Gasteiger partial charge in [0, 0.05) is 24.8 Å². The first-order valence-corrected chi connectivity index (χ1v) is 7.17. The number of hydrogen-bond acceptors (Lipinski definition) is 4. The quantitative estimate of drug-likeness (QED) is 0.755. The predicted octanol–water partition coefficient (Wildman–Crippen LogP) is 0.703. The number of rotatable bonds is 6. The molecule has 0 aliphatic carbocycles. The minimum atomic E-state index is -0.602. The number of aromatic nitrogens is 1. The van der Waals surface area contributed by atoms with Crippen LogP contribution in [0.25, 0.3) is 0 Å². The zero-order chi connectivity index (χ0) is 16.0. The summed E-state index contributed by atoms with van der Waals surface area (Å²) < 4.78 is 0. The van der Waals surface area contributed by atoms with Gasteiger partial charge in [0.15, 0.2) is 0 Å². The van der Waals surface area contributed by atoms with E-state index in [1.807, 2.05) is 13.8 Å². The molecule has 6 nitrogen and oxygen atoms in total. The third-order valence-electron chi connectivity index (χ3n) is 3.07. The maximum absolute atomic E-state index is 12.1. The molecule has 1 aromatic heterocycles. The van der Waals surface area contributed by atoms with Gasteiger partial charge in [0.05, 0.1) is 0 Å². The largest absolute Gasteiger partial charge is 0.389 e. The van der Waals surface area contributed by atoms with Crippen molar-refractivity contribution in [1.82, 2.24) is 15.2 Å². The molecule has 1 rings (SSSR count). The normalized spacial score (nSPS) is 11.6. The van der Waals surface area contributed by atoms with Crippen molar-refractivity contribution in [3.63, 3.8) is 0 Å². The number of thiocarbonyl (C=S) groups is 1. The monoisotopic (exact) mass is 308 g/mol. The average molecular weight is 308 g/mol. The molecule has 7 heteroatoms. The lowest BCUT2D eigenvalue weighted by atomic mass is 10.2. The standard InChI is InChI=1S/C14H20N4O2S/c1-4-18(5-2)14(20)9(3)17-13(19)11-7-6-10(8-16-11)12(15)21/h6-9H,4-5H2,1-3H3,(H2,15,21)(H,17,19). The van der Waals surface area contributed by atoms with E-state index in [-0.39, 0.29) is 16.6 Å². The van der Waals surface area contributed by atoms with E-state index in [0.717, 1.165) is 0 Å². The number of hydrogen-bond donors (Lipinski definition) is 2. The van der Waals surface area contributed by atoms with Gasteiger partial charge in [-0.25, -0.2) is 0 Å². The summed E-state index contributed by atoms with van der Waals surface area (Å²) in [4.78, 5) is 30.0. The Morgan fingerprint density at radius 3 is 2.43 bits per heavy atom. The molecular weight excluding hydrogens is 288 g/mol. The smallest absolute Gasteiger partial charge is 0.270 e. The molecule has 0 fully saturated rings. The summed E-state index contributed by atoms with van der Waals surface area (Å²) >= 11 is 4.82. The third kappa shape index (κ3) is 4.49. The van der Waals surface area contributed by atoms with Crippen molar-refractivity contribution in [1.29, 1.82) is 0 Å². The van der Waals surface area contributed by atoms with Crippen molar-refractivity contribution < 1.29 is 9.59 Å². The number of nitrogens with zero attached hydrogens (tertiary/aromatic N) is 2. The number of amides is 2. The van der Waals surface area contributed by atoms with Crippen molar-refractivity contribution in [3.8, 4) is 0 Å². The van der Waals surface area contributed by atoms with E-state index in [2.05, 4.69) is 10.3 Å².